The summed E-state index contributed by atoms with van der Waals surface area (Å²) in [5.74, 6) is -1.42. The molecular formula is C12H16N2O4S. The first-order valence-corrected chi connectivity index (χ1v) is 6.80. The van der Waals surface area contributed by atoms with Gasteiger partial charge in [0.15, 0.2) is 5.13 Å². The fourth-order valence-electron chi connectivity index (χ4n) is 1.91. The molecule has 1 amide bonds. The number of hydrogen-bond acceptors (Lipinski definition) is 5. The van der Waals surface area contributed by atoms with Gasteiger partial charge >= 0.3 is 12.1 Å². The van der Waals surface area contributed by atoms with Crippen molar-refractivity contribution in [3.05, 3.63) is 10.6 Å². The maximum Gasteiger partial charge on any atom is 0.413 e. The number of thiazole rings is 1. The highest BCUT2D eigenvalue weighted by Crippen LogP contribution is 2.38. The summed E-state index contributed by atoms with van der Waals surface area (Å²) in [5.41, 5.74) is -0.00298. The summed E-state index contributed by atoms with van der Waals surface area (Å²) in [4.78, 5) is 27.7. The number of aliphatic carboxylic acids is 1. The highest BCUT2D eigenvalue weighted by atomic mass is 32.1. The van der Waals surface area contributed by atoms with E-state index in [1.54, 1.807) is 20.8 Å². The van der Waals surface area contributed by atoms with Gasteiger partial charge < -0.3 is 9.84 Å². The number of nitrogens with zero attached hydrogens (tertiary/aromatic N) is 1. The van der Waals surface area contributed by atoms with Crippen LogP contribution in [0.25, 0.3) is 0 Å². The van der Waals surface area contributed by atoms with Gasteiger partial charge in [-0.2, -0.15) is 0 Å². The molecule has 0 aliphatic heterocycles. The molecule has 6 nitrogen and oxygen atoms in total. The molecule has 2 N–H and O–H groups in total. The second-order valence-corrected chi connectivity index (χ2v) is 6.47. The Morgan fingerprint density at radius 1 is 1.47 bits per heavy atom. The Balaban J connectivity index is 2.07. The first-order chi connectivity index (χ1) is 8.76. The lowest BCUT2D eigenvalue weighted by atomic mass is 10.1. The van der Waals surface area contributed by atoms with E-state index in [-0.39, 0.29) is 0 Å². The van der Waals surface area contributed by atoms with Crippen molar-refractivity contribution in [1.29, 1.82) is 0 Å². The van der Waals surface area contributed by atoms with Crippen LogP contribution in [0, 0.1) is 0 Å². The standard InChI is InChI=1S/C12H16N2O4S/c1-12(2,3)18-11(17)14-10-13-8-6(9(15)16)4-5-7(8)19-10/h6H,4-5H2,1-3H3,(H,15,16)(H,13,14,17)/t6-/m1/s1. The van der Waals surface area contributed by atoms with E-state index in [1.807, 2.05) is 0 Å². The largest absolute Gasteiger partial charge is 0.481 e. The molecule has 1 aliphatic rings. The van der Waals surface area contributed by atoms with E-state index in [0.29, 0.717) is 23.7 Å². The number of ether oxygens (including phenoxy) is 1. The number of rotatable bonds is 2. The van der Waals surface area contributed by atoms with Gasteiger partial charge in [0.2, 0.25) is 0 Å². The number of carbonyl (C=O) groups excluding carboxylic acids is 1. The van der Waals surface area contributed by atoms with Crippen molar-refractivity contribution in [3.63, 3.8) is 0 Å². The molecule has 1 heterocycles. The molecule has 1 aromatic heterocycles. The zero-order valence-electron chi connectivity index (χ0n) is 11.0. The molecule has 7 heteroatoms. The van der Waals surface area contributed by atoms with E-state index in [4.69, 9.17) is 9.84 Å². The van der Waals surface area contributed by atoms with Crippen molar-refractivity contribution in [2.75, 3.05) is 5.32 Å². The lowest BCUT2D eigenvalue weighted by Crippen LogP contribution is -2.27. The quantitative estimate of drug-likeness (QED) is 0.871. The van der Waals surface area contributed by atoms with Crippen LogP contribution in [-0.4, -0.2) is 27.8 Å². The number of fused-ring (bicyclic) bond motifs is 1. The summed E-state index contributed by atoms with van der Waals surface area (Å²) in [6, 6.07) is 0. The van der Waals surface area contributed by atoms with Gasteiger partial charge in [0.25, 0.3) is 0 Å². The first kappa shape index (κ1) is 13.8. The molecule has 0 saturated carbocycles. The first-order valence-electron chi connectivity index (χ1n) is 5.98. The molecule has 0 aromatic carbocycles. The van der Waals surface area contributed by atoms with Crippen LogP contribution in [0.2, 0.25) is 0 Å². The highest BCUT2D eigenvalue weighted by molar-refractivity contribution is 7.16. The molecule has 1 aliphatic carbocycles. The molecule has 19 heavy (non-hydrogen) atoms. The van der Waals surface area contributed by atoms with Crippen molar-refractivity contribution in [2.45, 2.75) is 45.1 Å². The third-order valence-corrected chi connectivity index (χ3v) is 3.67. The second-order valence-electron chi connectivity index (χ2n) is 5.38. The highest BCUT2D eigenvalue weighted by Gasteiger charge is 2.32. The Labute approximate surface area is 114 Å². The number of hydrogen-bond donors (Lipinski definition) is 2. The van der Waals surface area contributed by atoms with E-state index in [1.165, 1.54) is 11.3 Å². The molecule has 0 saturated heterocycles. The monoisotopic (exact) mass is 284 g/mol. The van der Waals surface area contributed by atoms with Gasteiger partial charge in [-0.25, -0.2) is 9.78 Å². The fraction of sp³-hybridized carbons (Fsp3) is 0.583. The van der Waals surface area contributed by atoms with E-state index < -0.39 is 23.6 Å². The maximum atomic E-state index is 11.6. The number of aryl methyl sites for hydroxylation is 1. The van der Waals surface area contributed by atoms with E-state index in [9.17, 15) is 9.59 Å². The third-order valence-electron chi connectivity index (χ3n) is 2.62. The maximum absolute atomic E-state index is 11.6. The van der Waals surface area contributed by atoms with Gasteiger partial charge in [-0.05, 0) is 33.6 Å². The molecular weight excluding hydrogens is 268 g/mol. The molecule has 0 unspecified atom stereocenters. The Bertz CT molecular complexity index is 518. The van der Waals surface area contributed by atoms with Gasteiger partial charge in [0.1, 0.15) is 11.5 Å². The average Bonchev–Trinajstić information content (AvgIpc) is 2.71. The van der Waals surface area contributed by atoms with Gasteiger partial charge in [0.05, 0.1) is 5.69 Å². The number of carboxylic acid groups (broad SMARTS) is 1. The average molecular weight is 284 g/mol. The van der Waals surface area contributed by atoms with Gasteiger partial charge in [0, 0.05) is 4.88 Å². The Morgan fingerprint density at radius 3 is 2.74 bits per heavy atom. The molecule has 2 rings (SSSR count). The van der Waals surface area contributed by atoms with Crippen LogP contribution in [0.4, 0.5) is 9.93 Å². The van der Waals surface area contributed by atoms with Crippen molar-refractivity contribution < 1.29 is 19.4 Å². The minimum Gasteiger partial charge on any atom is -0.481 e. The molecule has 1 atom stereocenters. The molecule has 0 spiro atoms. The van der Waals surface area contributed by atoms with Crippen LogP contribution >= 0.6 is 11.3 Å². The van der Waals surface area contributed by atoms with Gasteiger partial charge in [-0.15, -0.1) is 11.3 Å². The van der Waals surface area contributed by atoms with Crippen LogP contribution in [0.15, 0.2) is 0 Å². The molecule has 0 bridgehead atoms. The van der Waals surface area contributed by atoms with Crippen molar-refractivity contribution in [3.8, 4) is 0 Å². The molecule has 1 aromatic rings. The van der Waals surface area contributed by atoms with Crippen molar-refractivity contribution >= 4 is 28.5 Å². The van der Waals surface area contributed by atoms with E-state index >= 15 is 0 Å². The van der Waals surface area contributed by atoms with E-state index in [2.05, 4.69) is 10.3 Å². The summed E-state index contributed by atoms with van der Waals surface area (Å²) in [7, 11) is 0. The minimum atomic E-state index is -0.868. The molecule has 0 radical (unpaired) electrons. The van der Waals surface area contributed by atoms with Crippen molar-refractivity contribution in [2.24, 2.45) is 0 Å². The number of aromatic nitrogens is 1. The Morgan fingerprint density at radius 2 is 2.16 bits per heavy atom. The van der Waals surface area contributed by atoms with Crippen LogP contribution in [0.5, 0.6) is 0 Å². The zero-order valence-corrected chi connectivity index (χ0v) is 11.8. The Hall–Kier alpha value is -1.63. The van der Waals surface area contributed by atoms with Gasteiger partial charge in [-0.3, -0.25) is 10.1 Å². The zero-order chi connectivity index (χ0) is 14.2. The smallest absolute Gasteiger partial charge is 0.413 e. The van der Waals surface area contributed by atoms with Gasteiger partial charge in [-0.1, -0.05) is 0 Å². The number of carboxylic acids is 1. The number of anilines is 1. The molecule has 0 fully saturated rings. The van der Waals surface area contributed by atoms with Crippen LogP contribution < -0.4 is 5.32 Å². The van der Waals surface area contributed by atoms with Crippen LogP contribution in [0.1, 0.15) is 43.7 Å². The summed E-state index contributed by atoms with van der Waals surface area (Å²) in [6.07, 6.45) is 0.697. The summed E-state index contributed by atoms with van der Waals surface area (Å²) < 4.78 is 5.12. The number of nitrogens with one attached hydrogen (secondary N) is 1. The van der Waals surface area contributed by atoms with Crippen LogP contribution in [0.3, 0.4) is 0 Å². The van der Waals surface area contributed by atoms with E-state index in [0.717, 1.165) is 4.88 Å². The molecule has 104 valence electrons. The number of amides is 1. The van der Waals surface area contributed by atoms with Crippen LogP contribution in [-0.2, 0) is 16.0 Å². The third kappa shape index (κ3) is 3.23. The predicted molar refractivity (Wildman–Crippen MR) is 70.7 cm³/mol. The summed E-state index contributed by atoms with van der Waals surface area (Å²) >= 11 is 1.31. The minimum absolute atomic E-state index is 0.394. The number of carbonyl (C=O) groups is 2. The lowest BCUT2D eigenvalue weighted by molar-refractivity contribution is -0.138. The second kappa shape index (κ2) is 4.80. The summed E-state index contributed by atoms with van der Waals surface area (Å²) in [6.45, 7) is 5.32. The fourth-order valence-corrected chi connectivity index (χ4v) is 2.94. The topological polar surface area (TPSA) is 88.5 Å². The predicted octanol–water partition coefficient (Wildman–Crippen LogP) is 2.60. The summed E-state index contributed by atoms with van der Waals surface area (Å²) in [5, 5.41) is 12.0. The normalized spacial score (nSPS) is 17.9. The lowest BCUT2D eigenvalue weighted by Gasteiger charge is -2.18. The van der Waals surface area contributed by atoms with Crippen molar-refractivity contribution in [1.82, 2.24) is 4.98 Å². The SMILES string of the molecule is CC(C)(C)OC(=O)Nc1nc2c(s1)CC[C@H]2C(=O)O. The Kier molecular flexibility index (Phi) is 3.49.